The number of nitrogens with zero attached hydrogens (tertiary/aromatic N) is 4. The number of alkyl halides is 3. The molecule has 33 heavy (non-hydrogen) atoms. The van der Waals surface area contributed by atoms with Gasteiger partial charge in [0, 0.05) is 43.5 Å². The third-order valence-corrected chi connectivity index (χ3v) is 5.90. The van der Waals surface area contributed by atoms with Crippen molar-refractivity contribution in [3.8, 4) is 5.75 Å². The Morgan fingerprint density at radius 1 is 1.18 bits per heavy atom. The maximum absolute atomic E-state index is 13.0. The number of carbonyl (C=O) groups excluding carboxylic acids is 2. The Hall–Kier alpha value is -2.06. The number of piperazine rings is 1. The number of hydrogen-bond donors (Lipinski definition) is 0. The molecule has 8 nitrogen and oxygen atoms in total. The molecule has 1 saturated heterocycles. The molecule has 1 aliphatic heterocycles. The zero-order chi connectivity index (χ0) is 23.8. The maximum atomic E-state index is 13.0. The Bertz CT molecular complexity index is 1060. The molecule has 174 valence electrons. The van der Waals surface area contributed by atoms with Gasteiger partial charge >= 0.3 is 25.0 Å². The van der Waals surface area contributed by atoms with Crippen molar-refractivity contribution in [3.05, 3.63) is 39.1 Å². The second-order valence-corrected chi connectivity index (χ2v) is 7.85. The minimum atomic E-state index is -4.72. The molecule has 3 rings (SSSR count). The zero-order valence-corrected chi connectivity index (χ0v) is 19.5. The van der Waals surface area contributed by atoms with E-state index in [4.69, 9.17) is 27.9 Å². The first-order valence-electron chi connectivity index (χ1n) is 9.35. The minimum Gasteiger partial charge on any atom is -0.545 e. The summed E-state index contributed by atoms with van der Waals surface area (Å²) in [6.45, 7) is 1.95. The molecule has 2 aromatic rings. The molecule has 0 saturated carbocycles. The number of hydrogen-bond acceptors (Lipinski definition) is 6. The van der Waals surface area contributed by atoms with Gasteiger partial charge in [0.2, 0.25) is 5.91 Å². The fourth-order valence-corrected chi connectivity index (χ4v) is 3.89. The van der Waals surface area contributed by atoms with Crippen LogP contribution in [0.15, 0.2) is 12.1 Å². The zero-order valence-electron chi connectivity index (χ0n) is 18.0. The molecule has 0 aliphatic carbocycles. The van der Waals surface area contributed by atoms with Gasteiger partial charge in [0.15, 0.2) is 5.69 Å². The van der Waals surface area contributed by atoms with Gasteiger partial charge in [-0.2, -0.15) is 18.3 Å². The third-order valence-electron chi connectivity index (χ3n) is 5.15. The molecule has 1 aliphatic rings. The van der Waals surface area contributed by atoms with E-state index in [-0.39, 0.29) is 67.1 Å². The van der Waals surface area contributed by atoms with Crippen molar-refractivity contribution in [2.45, 2.75) is 19.6 Å². The summed E-state index contributed by atoms with van der Waals surface area (Å²) in [4.78, 5) is 27.4. The molecule has 0 radical (unpaired) electrons. The summed E-state index contributed by atoms with van der Waals surface area (Å²) < 4.78 is 45.0. The second kappa shape index (κ2) is 10.5. The largest absolute Gasteiger partial charge is 1.00 e. The Morgan fingerprint density at radius 2 is 1.79 bits per heavy atom. The average molecular weight is 501 g/mol. The first kappa shape index (κ1) is 27.2. The number of benzene rings is 1. The molecule has 0 bridgehead atoms. The summed E-state index contributed by atoms with van der Waals surface area (Å²) in [5, 5.41) is 14.5. The molecule has 1 amide bonds. The van der Waals surface area contributed by atoms with Gasteiger partial charge in [-0.3, -0.25) is 9.48 Å². The van der Waals surface area contributed by atoms with Crippen molar-refractivity contribution in [2.75, 3.05) is 38.2 Å². The van der Waals surface area contributed by atoms with E-state index in [1.807, 2.05) is 0 Å². The summed E-state index contributed by atoms with van der Waals surface area (Å²) in [5.74, 6) is -1.55. The van der Waals surface area contributed by atoms with E-state index in [0.29, 0.717) is 5.69 Å². The number of methoxy groups -OCH3 is 1. The van der Waals surface area contributed by atoms with Crippen molar-refractivity contribution >= 4 is 40.8 Å². The maximum Gasteiger partial charge on any atom is 1.00 e. The van der Waals surface area contributed by atoms with Gasteiger partial charge < -0.3 is 24.4 Å². The van der Waals surface area contributed by atoms with E-state index in [1.54, 1.807) is 4.90 Å². The first-order valence-corrected chi connectivity index (χ1v) is 10.1. The van der Waals surface area contributed by atoms with Gasteiger partial charge in [0.1, 0.15) is 12.3 Å². The van der Waals surface area contributed by atoms with Gasteiger partial charge in [-0.15, -0.1) is 0 Å². The Morgan fingerprint density at radius 3 is 2.27 bits per heavy atom. The van der Waals surface area contributed by atoms with Crippen LogP contribution in [0.4, 0.5) is 18.9 Å². The number of carboxylic acid groups (broad SMARTS) is 1. The Labute approximate surface area is 209 Å². The van der Waals surface area contributed by atoms with Gasteiger partial charge in [0.25, 0.3) is 0 Å². The van der Waals surface area contributed by atoms with E-state index in [0.717, 1.165) is 4.68 Å². The topological polar surface area (TPSA) is 90.7 Å². The van der Waals surface area contributed by atoms with Crippen LogP contribution in [0.2, 0.25) is 10.0 Å². The van der Waals surface area contributed by atoms with Crippen LogP contribution < -0.4 is 33.6 Å². The van der Waals surface area contributed by atoms with E-state index in [1.165, 1.54) is 31.1 Å². The van der Waals surface area contributed by atoms with Crippen molar-refractivity contribution in [1.29, 1.82) is 0 Å². The van der Waals surface area contributed by atoms with Crippen molar-refractivity contribution in [1.82, 2.24) is 14.7 Å². The molecular formula is C19H18Cl2F3LiN4O4. The first-order chi connectivity index (χ1) is 14.9. The minimum absolute atomic E-state index is 0. The second-order valence-electron chi connectivity index (χ2n) is 7.06. The predicted octanol–water partition coefficient (Wildman–Crippen LogP) is -0.758. The molecule has 0 atom stereocenters. The van der Waals surface area contributed by atoms with Crippen molar-refractivity contribution in [3.63, 3.8) is 0 Å². The third kappa shape index (κ3) is 5.72. The normalized spacial score (nSPS) is 14.2. The standard InChI is InChI=1S/C19H19Cl2F3N4O4.Li/c1-10-16(21)17(19(22,23)24)25-28(10)9-15(29)27-5-3-26(4-6-27)13-8-14(32-2)12(20)7-11(13)18(30)31;/h7-8H,3-6,9H2,1-2H3,(H,30,31);/q;+1/p-1. The van der Waals surface area contributed by atoms with E-state index < -0.39 is 35.3 Å². The number of carboxylic acids is 1. The van der Waals surface area contributed by atoms with Crippen LogP contribution in [-0.2, 0) is 17.5 Å². The number of halogens is 5. The molecular weight excluding hydrogens is 483 g/mol. The Balaban J connectivity index is 0.00000385. The van der Waals surface area contributed by atoms with Gasteiger partial charge in [-0.25, -0.2) is 0 Å². The summed E-state index contributed by atoms with van der Waals surface area (Å²) in [6, 6.07) is 2.73. The summed E-state index contributed by atoms with van der Waals surface area (Å²) in [7, 11) is 1.40. The van der Waals surface area contributed by atoms with Crippen LogP contribution in [0.25, 0.3) is 0 Å². The van der Waals surface area contributed by atoms with E-state index in [9.17, 15) is 27.9 Å². The van der Waals surface area contributed by atoms with Crippen LogP contribution in [-0.4, -0.2) is 59.8 Å². The number of rotatable bonds is 5. The van der Waals surface area contributed by atoms with Crippen LogP contribution in [0.1, 0.15) is 21.7 Å². The molecule has 0 unspecified atom stereocenters. The molecule has 1 fully saturated rings. The summed E-state index contributed by atoms with van der Waals surface area (Å²) in [5.41, 5.74) is -0.974. The van der Waals surface area contributed by atoms with Gasteiger partial charge in [0.05, 0.1) is 28.8 Å². The van der Waals surface area contributed by atoms with Crippen LogP contribution in [0.3, 0.4) is 0 Å². The fraction of sp³-hybridized carbons (Fsp3) is 0.421. The summed E-state index contributed by atoms with van der Waals surface area (Å²) >= 11 is 11.7. The van der Waals surface area contributed by atoms with Crippen LogP contribution in [0, 0.1) is 6.92 Å². The molecule has 2 heterocycles. The Kier molecular flexibility index (Phi) is 8.62. The monoisotopic (exact) mass is 500 g/mol. The molecule has 1 aromatic heterocycles. The van der Waals surface area contributed by atoms with Gasteiger partial charge in [-0.1, -0.05) is 23.2 Å². The number of ether oxygens (including phenoxy) is 1. The quantitative estimate of drug-likeness (QED) is 0.501. The van der Waals surface area contributed by atoms with Crippen molar-refractivity contribution < 1.29 is 51.5 Å². The van der Waals surface area contributed by atoms with Crippen molar-refractivity contribution in [2.24, 2.45) is 0 Å². The number of anilines is 1. The molecule has 14 heteroatoms. The molecule has 0 spiro atoms. The number of aromatic nitrogens is 2. The van der Waals surface area contributed by atoms with E-state index >= 15 is 0 Å². The molecule has 0 N–H and O–H groups in total. The average Bonchev–Trinajstić information content (AvgIpc) is 3.02. The van der Waals surface area contributed by atoms with E-state index in [2.05, 4.69) is 5.10 Å². The number of aromatic carboxylic acids is 1. The SMILES string of the molecule is COc1cc(N2CCN(C(=O)Cn3nc(C(F)(F)F)c(Cl)c3C)CC2)c(C(=O)[O-])cc1Cl.[Li+]. The summed E-state index contributed by atoms with van der Waals surface area (Å²) in [6.07, 6.45) is -4.72. The predicted molar refractivity (Wildman–Crippen MR) is 108 cm³/mol. The van der Waals surface area contributed by atoms with Crippen LogP contribution in [0.5, 0.6) is 5.75 Å². The van der Waals surface area contributed by atoms with Crippen LogP contribution >= 0.6 is 23.2 Å². The van der Waals surface area contributed by atoms with Gasteiger partial charge in [-0.05, 0) is 13.0 Å². The number of amides is 1. The number of carbonyl (C=O) groups is 2. The molecule has 1 aromatic carbocycles. The smallest absolute Gasteiger partial charge is 0.545 e. The fourth-order valence-electron chi connectivity index (χ4n) is 3.41.